The standard InChI is InChI=1S/CH6N4O3/c1-3-4(2)8-5(6)7-3/h5H,2H2,1H3. The number of quaternary nitrogens is 1. The number of nitrogens with two attached hydrogens (primary N) is 1. The maximum atomic E-state index is 10.1. The fourth-order valence-corrected chi connectivity index (χ4v) is 0.299. The molecule has 1 fully saturated rings. The Morgan fingerprint density at radius 3 is 2.38 bits per heavy atom. The number of nitrogens with one attached hydrogen (secondary N) is 1. The Balaban J connectivity index is 2.39. The minimum Gasteiger partial charge on any atom is -0.563 e. The minimum atomic E-state index is -0.824. The molecule has 1 heterocycles. The average Bonchev–Trinajstić information content (AvgIpc) is 1.85. The first-order valence-corrected chi connectivity index (χ1v) is 1.88. The van der Waals surface area contributed by atoms with E-state index in [4.69, 9.17) is 5.84 Å². The summed E-state index contributed by atoms with van der Waals surface area (Å²) in [5, 5.41) is 10.9. The molecule has 0 bridgehead atoms. The van der Waals surface area contributed by atoms with Crippen molar-refractivity contribution in [1.29, 1.82) is 0 Å². The second-order valence-electron chi connectivity index (χ2n) is 1.20. The van der Waals surface area contributed by atoms with Gasteiger partial charge in [0, 0.05) is 12.3 Å². The summed E-state index contributed by atoms with van der Waals surface area (Å²) in [7, 11) is 1.44. The summed E-state index contributed by atoms with van der Waals surface area (Å²) in [5.74, 6) is 4.96. The van der Waals surface area contributed by atoms with Gasteiger partial charge in [-0.05, 0) is 15.5 Å². The van der Waals surface area contributed by atoms with Crippen molar-refractivity contribution in [2.24, 2.45) is 5.84 Å². The lowest BCUT2D eigenvalue weighted by molar-refractivity contribution is -1.21. The third-order valence-electron chi connectivity index (χ3n) is 0.652. The molecule has 1 saturated heterocycles. The van der Waals surface area contributed by atoms with E-state index in [9.17, 15) is 5.21 Å². The second-order valence-corrected chi connectivity index (χ2v) is 1.20. The van der Waals surface area contributed by atoms with Crippen LogP contribution in [0.4, 0.5) is 0 Å². The molecule has 0 aromatic heterocycles. The van der Waals surface area contributed by atoms with Gasteiger partial charge in [0.2, 0.25) is 0 Å². The number of hydroxylamine groups is 1. The SMILES string of the molecule is CN1O[NH+]([O-])ON1N. The molecule has 0 amide bonds. The quantitative estimate of drug-likeness (QED) is 0.265. The highest BCUT2D eigenvalue weighted by molar-refractivity contribution is 4.01. The van der Waals surface area contributed by atoms with E-state index >= 15 is 0 Å². The fraction of sp³-hybridized carbons (Fsp3) is 1.00. The highest BCUT2D eigenvalue weighted by Crippen LogP contribution is 1.86. The van der Waals surface area contributed by atoms with Crippen molar-refractivity contribution < 1.29 is 15.3 Å². The summed E-state index contributed by atoms with van der Waals surface area (Å²) in [6.07, 6.45) is 0. The Kier molecular flexibility index (Phi) is 1.40. The van der Waals surface area contributed by atoms with E-state index in [0.717, 1.165) is 5.17 Å². The molecule has 7 nitrogen and oxygen atoms in total. The molecule has 0 saturated carbocycles. The van der Waals surface area contributed by atoms with Crippen molar-refractivity contribution in [3.05, 3.63) is 5.21 Å². The molecular formula is CH6N4O3. The summed E-state index contributed by atoms with van der Waals surface area (Å²) in [6, 6.07) is 0. The zero-order valence-electron chi connectivity index (χ0n) is 4.20. The van der Waals surface area contributed by atoms with E-state index in [1.165, 1.54) is 7.05 Å². The van der Waals surface area contributed by atoms with Gasteiger partial charge in [-0.25, -0.2) is 5.84 Å². The predicted molar refractivity (Wildman–Crippen MR) is 20.3 cm³/mol. The van der Waals surface area contributed by atoms with Crippen LogP contribution in [0.15, 0.2) is 0 Å². The normalized spacial score (nSPS) is 34.1. The van der Waals surface area contributed by atoms with Crippen LogP contribution in [0.2, 0.25) is 0 Å². The zero-order valence-corrected chi connectivity index (χ0v) is 4.20. The predicted octanol–water partition coefficient (Wildman–Crippen LogP) is -2.90. The van der Waals surface area contributed by atoms with Crippen LogP contribution < -0.4 is 11.2 Å². The largest absolute Gasteiger partial charge is 0.563 e. The molecule has 1 aliphatic heterocycles. The Labute approximate surface area is 45.1 Å². The zero-order chi connectivity index (χ0) is 6.15. The lowest BCUT2D eigenvalue weighted by Gasteiger charge is -2.02. The molecule has 1 aliphatic rings. The van der Waals surface area contributed by atoms with Crippen LogP contribution in [-0.2, 0) is 9.88 Å². The van der Waals surface area contributed by atoms with Crippen molar-refractivity contribution in [1.82, 2.24) is 10.5 Å². The van der Waals surface area contributed by atoms with E-state index < -0.39 is 5.39 Å². The van der Waals surface area contributed by atoms with Gasteiger partial charge in [0.1, 0.15) is 0 Å². The molecule has 1 rings (SSSR count). The molecule has 0 aromatic carbocycles. The van der Waals surface area contributed by atoms with Crippen molar-refractivity contribution in [3.63, 3.8) is 0 Å². The summed E-state index contributed by atoms with van der Waals surface area (Å²) in [6.45, 7) is 0. The number of nitrogens with zero attached hydrogens (tertiary/aromatic N) is 2. The van der Waals surface area contributed by atoms with E-state index in [0.29, 0.717) is 5.28 Å². The third kappa shape index (κ3) is 0.928. The van der Waals surface area contributed by atoms with Crippen molar-refractivity contribution in [2.75, 3.05) is 7.05 Å². The lowest BCUT2D eigenvalue weighted by atomic mass is 11.5. The minimum absolute atomic E-state index is 0.683. The van der Waals surface area contributed by atoms with Gasteiger partial charge in [-0.2, -0.15) is 0 Å². The van der Waals surface area contributed by atoms with Gasteiger partial charge in [0.25, 0.3) is 0 Å². The van der Waals surface area contributed by atoms with E-state index in [2.05, 4.69) is 9.88 Å². The van der Waals surface area contributed by atoms with Crippen molar-refractivity contribution in [2.45, 2.75) is 0 Å². The Morgan fingerprint density at radius 2 is 2.25 bits per heavy atom. The smallest absolute Gasteiger partial charge is 0.0391 e. The molecule has 0 spiro atoms. The topological polar surface area (TPSA) is 78.5 Å². The molecule has 0 aliphatic carbocycles. The first-order valence-electron chi connectivity index (χ1n) is 1.88. The molecule has 48 valence electrons. The summed E-state index contributed by atoms with van der Waals surface area (Å²) in [5.41, 5.74) is 0. The van der Waals surface area contributed by atoms with Crippen LogP contribution >= 0.6 is 0 Å². The molecule has 0 aromatic rings. The summed E-state index contributed by atoms with van der Waals surface area (Å²) in [4.78, 5) is 8.40. The highest BCUT2D eigenvalue weighted by Gasteiger charge is 2.25. The molecular weight excluding hydrogens is 116 g/mol. The first-order chi connectivity index (χ1) is 3.70. The third-order valence-corrected chi connectivity index (χ3v) is 0.652. The van der Waals surface area contributed by atoms with Crippen LogP contribution in [0.5, 0.6) is 0 Å². The molecule has 3 N–H and O–H groups in total. The lowest BCUT2D eigenvalue weighted by Crippen LogP contribution is -3.03. The van der Waals surface area contributed by atoms with Crippen molar-refractivity contribution in [3.8, 4) is 0 Å². The summed E-state index contributed by atoms with van der Waals surface area (Å²) < 4.78 is 0. The highest BCUT2D eigenvalue weighted by atomic mass is 17.3. The van der Waals surface area contributed by atoms with Crippen LogP contribution in [0.25, 0.3) is 0 Å². The van der Waals surface area contributed by atoms with Gasteiger partial charge in [-0.15, -0.1) is 0 Å². The van der Waals surface area contributed by atoms with E-state index in [-0.39, 0.29) is 0 Å². The van der Waals surface area contributed by atoms with Gasteiger partial charge in [0.05, 0.1) is 0 Å². The van der Waals surface area contributed by atoms with Gasteiger partial charge < -0.3 is 5.21 Å². The maximum Gasteiger partial charge on any atom is 0.0391 e. The fourth-order valence-electron chi connectivity index (χ4n) is 0.299. The van der Waals surface area contributed by atoms with Crippen molar-refractivity contribution >= 4 is 0 Å². The van der Waals surface area contributed by atoms with Gasteiger partial charge in [-0.3, -0.25) is 0 Å². The molecule has 1 atom stereocenters. The monoisotopic (exact) mass is 122 g/mol. The Bertz CT molecular complexity index is 77.4. The van der Waals surface area contributed by atoms with E-state index in [1.54, 1.807) is 0 Å². The number of hydrogen-bond acceptors (Lipinski definition) is 6. The van der Waals surface area contributed by atoms with Gasteiger partial charge in [0.15, 0.2) is 0 Å². The average molecular weight is 122 g/mol. The molecule has 8 heavy (non-hydrogen) atoms. The second kappa shape index (κ2) is 1.91. The van der Waals surface area contributed by atoms with Crippen LogP contribution in [0.1, 0.15) is 0 Å². The van der Waals surface area contributed by atoms with Crippen LogP contribution in [0.3, 0.4) is 0 Å². The van der Waals surface area contributed by atoms with Crippen LogP contribution in [-0.4, -0.2) is 17.5 Å². The molecule has 1 unspecified atom stereocenters. The van der Waals surface area contributed by atoms with Crippen LogP contribution in [0, 0.1) is 5.21 Å². The van der Waals surface area contributed by atoms with Gasteiger partial charge in [-0.1, -0.05) is 4.94 Å². The van der Waals surface area contributed by atoms with Gasteiger partial charge >= 0.3 is 0 Å². The first kappa shape index (κ1) is 5.85. The molecule has 0 radical (unpaired) electrons. The number of hydrogen-bond donors (Lipinski definition) is 2. The van der Waals surface area contributed by atoms with E-state index in [1.807, 2.05) is 0 Å². The molecule has 7 heteroatoms. The Hall–Kier alpha value is -0.280. The number of rotatable bonds is 0. The number of hydrazine groups is 2. The summed E-state index contributed by atoms with van der Waals surface area (Å²) >= 11 is 0. The Morgan fingerprint density at radius 1 is 1.62 bits per heavy atom. The maximum absolute atomic E-state index is 10.1.